The molecule has 1 amide bonds. The Labute approximate surface area is 110 Å². The summed E-state index contributed by atoms with van der Waals surface area (Å²) in [5.41, 5.74) is 0.0206. The van der Waals surface area contributed by atoms with Crippen molar-refractivity contribution in [1.29, 1.82) is 0 Å². The quantitative estimate of drug-likeness (QED) is 0.777. The van der Waals surface area contributed by atoms with Crippen molar-refractivity contribution in [3.8, 4) is 0 Å². The first-order valence-electron chi connectivity index (χ1n) is 7.21. The minimum atomic E-state index is -0.0848. The second-order valence-electron chi connectivity index (χ2n) is 6.34. The van der Waals surface area contributed by atoms with E-state index in [2.05, 4.69) is 19.2 Å². The maximum atomic E-state index is 12.7. The number of nitrogens with zero attached hydrogens (tertiary/aromatic N) is 1. The molecule has 2 heterocycles. The van der Waals surface area contributed by atoms with Crippen molar-refractivity contribution in [3.05, 3.63) is 0 Å². The molecule has 4 nitrogen and oxygen atoms in total. The number of nitrogens with one attached hydrogen (secondary N) is 1. The van der Waals surface area contributed by atoms with Gasteiger partial charge in [-0.3, -0.25) is 4.79 Å². The van der Waals surface area contributed by atoms with Crippen LogP contribution in [0.25, 0.3) is 0 Å². The third-order valence-corrected chi connectivity index (χ3v) is 4.50. The van der Waals surface area contributed by atoms with Crippen LogP contribution in [0.2, 0.25) is 0 Å². The Balaban J connectivity index is 2.09. The maximum Gasteiger partial charge on any atom is 0.240 e. The van der Waals surface area contributed by atoms with E-state index in [4.69, 9.17) is 0 Å². The summed E-state index contributed by atoms with van der Waals surface area (Å²) >= 11 is 0. The first-order valence-corrected chi connectivity index (χ1v) is 7.21. The van der Waals surface area contributed by atoms with Gasteiger partial charge in [0.2, 0.25) is 5.91 Å². The average Bonchev–Trinajstić information content (AvgIpc) is 2.37. The summed E-state index contributed by atoms with van der Waals surface area (Å²) in [4.78, 5) is 14.6. The van der Waals surface area contributed by atoms with Gasteiger partial charge in [0, 0.05) is 6.54 Å². The second kappa shape index (κ2) is 5.57. The number of carbonyl (C=O) groups is 1. The van der Waals surface area contributed by atoms with Crippen molar-refractivity contribution in [2.75, 3.05) is 19.7 Å². The molecule has 2 N–H and O–H groups in total. The van der Waals surface area contributed by atoms with E-state index in [1.807, 2.05) is 4.90 Å². The average molecular weight is 254 g/mol. The smallest absolute Gasteiger partial charge is 0.240 e. The van der Waals surface area contributed by atoms with Crippen molar-refractivity contribution in [3.63, 3.8) is 0 Å². The van der Waals surface area contributed by atoms with Gasteiger partial charge in [-0.05, 0) is 44.1 Å². The number of rotatable bonds is 2. The zero-order valence-electron chi connectivity index (χ0n) is 11.6. The molecule has 2 saturated heterocycles. The van der Waals surface area contributed by atoms with Gasteiger partial charge in [-0.15, -0.1) is 0 Å². The molecule has 0 bridgehead atoms. The Morgan fingerprint density at radius 3 is 2.83 bits per heavy atom. The zero-order chi connectivity index (χ0) is 13.2. The van der Waals surface area contributed by atoms with Crippen molar-refractivity contribution in [1.82, 2.24) is 10.2 Å². The van der Waals surface area contributed by atoms with Crippen molar-refractivity contribution < 1.29 is 9.90 Å². The summed E-state index contributed by atoms with van der Waals surface area (Å²) in [5.74, 6) is 0.193. The van der Waals surface area contributed by atoms with E-state index >= 15 is 0 Å². The van der Waals surface area contributed by atoms with Gasteiger partial charge in [0.05, 0.1) is 18.7 Å². The topological polar surface area (TPSA) is 52.6 Å². The predicted molar refractivity (Wildman–Crippen MR) is 71.2 cm³/mol. The fraction of sp³-hybridized carbons (Fsp3) is 0.929. The lowest BCUT2D eigenvalue weighted by Crippen LogP contribution is -2.59. The number of likely N-dealkylation sites (tertiary alicyclic amines) is 1. The molecule has 0 saturated carbocycles. The highest BCUT2D eigenvalue weighted by atomic mass is 16.3. The summed E-state index contributed by atoms with van der Waals surface area (Å²) in [6.45, 7) is 6.16. The number of aliphatic hydroxyl groups is 1. The van der Waals surface area contributed by atoms with Crippen molar-refractivity contribution in [2.45, 2.75) is 58.0 Å². The van der Waals surface area contributed by atoms with Crippen LogP contribution in [-0.4, -0.2) is 47.7 Å². The molecule has 104 valence electrons. The standard InChI is InChI=1S/C14H26N2O2/c1-14(2)7-5-8-15-12(14)13(18)16-9-4-3-6-11(16)10-17/h11-12,15,17H,3-10H2,1-2H3. The van der Waals surface area contributed by atoms with E-state index in [0.717, 1.165) is 45.2 Å². The Kier molecular flexibility index (Phi) is 4.28. The van der Waals surface area contributed by atoms with Crippen LogP contribution in [0.5, 0.6) is 0 Å². The molecule has 0 radical (unpaired) electrons. The Morgan fingerprint density at radius 1 is 1.39 bits per heavy atom. The van der Waals surface area contributed by atoms with E-state index in [-0.39, 0.29) is 30.0 Å². The molecular formula is C14H26N2O2. The van der Waals surface area contributed by atoms with Crippen molar-refractivity contribution in [2.24, 2.45) is 5.41 Å². The van der Waals surface area contributed by atoms with Gasteiger partial charge in [0.15, 0.2) is 0 Å². The lowest BCUT2D eigenvalue weighted by Gasteiger charge is -2.44. The number of piperidine rings is 2. The van der Waals surface area contributed by atoms with Crippen LogP contribution >= 0.6 is 0 Å². The van der Waals surface area contributed by atoms with Gasteiger partial charge in [-0.2, -0.15) is 0 Å². The van der Waals surface area contributed by atoms with Gasteiger partial charge in [0.25, 0.3) is 0 Å². The highest BCUT2D eigenvalue weighted by Gasteiger charge is 2.41. The van der Waals surface area contributed by atoms with E-state index in [1.165, 1.54) is 0 Å². The number of hydrogen-bond donors (Lipinski definition) is 2. The normalized spacial score (nSPS) is 32.3. The number of amides is 1. The van der Waals surface area contributed by atoms with Crippen LogP contribution in [0.3, 0.4) is 0 Å². The Bertz CT molecular complexity index is 304. The predicted octanol–water partition coefficient (Wildman–Crippen LogP) is 1.14. The Morgan fingerprint density at radius 2 is 2.17 bits per heavy atom. The summed E-state index contributed by atoms with van der Waals surface area (Å²) in [7, 11) is 0. The van der Waals surface area contributed by atoms with Crippen LogP contribution in [0, 0.1) is 5.41 Å². The summed E-state index contributed by atoms with van der Waals surface area (Å²) in [5, 5.41) is 12.8. The van der Waals surface area contributed by atoms with E-state index in [1.54, 1.807) is 0 Å². The Hall–Kier alpha value is -0.610. The van der Waals surface area contributed by atoms with Gasteiger partial charge in [0.1, 0.15) is 0 Å². The molecule has 4 heteroatoms. The monoisotopic (exact) mass is 254 g/mol. The first kappa shape index (κ1) is 13.8. The molecule has 2 aliphatic heterocycles. The van der Waals surface area contributed by atoms with Crippen LogP contribution in [-0.2, 0) is 4.79 Å². The zero-order valence-corrected chi connectivity index (χ0v) is 11.6. The molecule has 2 aliphatic rings. The maximum absolute atomic E-state index is 12.7. The SMILES string of the molecule is CC1(C)CCCNC1C(=O)N1CCCCC1CO. The molecule has 2 fully saturated rings. The molecular weight excluding hydrogens is 228 g/mol. The van der Waals surface area contributed by atoms with Gasteiger partial charge in [-0.1, -0.05) is 13.8 Å². The van der Waals surface area contributed by atoms with E-state index < -0.39 is 0 Å². The first-order chi connectivity index (χ1) is 8.56. The lowest BCUT2D eigenvalue weighted by molar-refractivity contribution is -0.142. The molecule has 2 rings (SSSR count). The molecule has 18 heavy (non-hydrogen) atoms. The van der Waals surface area contributed by atoms with Crippen molar-refractivity contribution >= 4 is 5.91 Å². The molecule has 0 aromatic carbocycles. The molecule has 0 spiro atoms. The molecule has 0 aromatic heterocycles. The second-order valence-corrected chi connectivity index (χ2v) is 6.34. The van der Waals surface area contributed by atoms with Crippen LogP contribution in [0.1, 0.15) is 46.0 Å². The van der Waals surface area contributed by atoms with Gasteiger partial charge < -0.3 is 15.3 Å². The minimum absolute atomic E-state index is 0.0206. The largest absolute Gasteiger partial charge is 0.394 e. The fourth-order valence-corrected chi connectivity index (χ4v) is 3.28. The lowest BCUT2D eigenvalue weighted by atomic mass is 9.76. The number of hydrogen-bond acceptors (Lipinski definition) is 3. The third kappa shape index (κ3) is 2.69. The van der Waals surface area contributed by atoms with Gasteiger partial charge in [-0.25, -0.2) is 0 Å². The van der Waals surface area contributed by atoms with E-state index in [0.29, 0.717) is 0 Å². The highest BCUT2D eigenvalue weighted by molar-refractivity contribution is 5.83. The molecule has 0 aromatic rings. The molecule has 0 aliphatic carbocycles. The van der Waals surface area contributed by atoms with Crippen LogP contribution in [0.15, 0.2) is 0 Å². The van der Waals surface area contributed by atoms with Crippen LogP contribution in [0.4, 0.5) is 0 Å². The molecule has 2 atom stereocenters. The third-order valence-electron chi connectivity index (χ3n) is 4.50. The summed E-state index contributed by atoms with van der Waals surface area (Å²) in [6.07, 6.45) is 5.36. The van der Waals surface area contributed by atoms with E-state index in [9.17, 15) is 9.90 Å². The number of carbonyl (C=O) groups excluding carboxylic acids is 1. The van der Waals surface area contributed by atoms with Gasteiger partial charge >= 0.3 is 0 Å². The summed E-state index contributed by atoms with van der Waals surface area (Å²) in [6, 6.07) is -0.0517. The summed E-state index contributed by atoms with van der Waals surface area (Å²) < 4.78 is 0. The highest BCUT2D eigenvalue weighted by Crippen LogP contribution is 2.32. The van der Waals surface area contributed by atoms with Crippen LogP contribution < -0.4 is 5.32 Å². The fourth-order valence-electron chi connectivity index (χ4n) is 3.28. The minimum Gasteiger partial charge on any atom is -0.394 e. The number of aliphatic hydroxyl groups excluding tert-OH is 1. The molecule has 2 unspecified atom stereocenters.